The summed E-state index contributed by atoms with van der Waals surface area (Å²) in [7, 11) is 0. The Morgan fingerprint density at radius 3 is 1.58 bits per heavy atom. The molecule has 0 aliphatic heterocycles. The Bertz CT molecular complexity index is 3300. The minimum Gasteiger partial charge on any atom is -0.228 e. The predicted molar refractivity (Wildman–Crippen MR) is 271 cm³/mol. The third kappa shape index (κ3) is 6.69. The molecule has 0 bridgehead atoms. The van der Waals surface area contributed by atoms with Gasteiger partial charge in [-0.25, -0.2) is 9.97 Å². The summed E-state index contributed by atoms with van der Waals surface area (Å²) in [6.07, 6.45) is 0. The number of thiophene rings is 1. The van der Waals surface area contributed by atoms with Gasteiger partial charge in [0.1, 0.15) is 0 Å². The first-order valence-electron chi connectivity index (χ1n) is 22.4. The molecule has 10 aromatic rings. The van der Waals surface area contributed by atoms with Gasteiger partial charge in [0, 0.05) is 36.9 Å². The van der Waals surface area contributed by atoms with E-state index in [-0.39, 0.29) is 10.8 Å². The summed E-state index contributed by atoms with van der Waals surface area (Å²) < 4.78 is 2.58. The van der Waals surface area contributed by atoms with Crippen molar-refractivity contribution in [3.63, 3.8) is 0 Å². The highest BCUT2D eigenvalue weighted by Crippen LogP contribution is 2.57. The van der Waals surface area contributed by atoms with E-state index in [1.54, 1.807) is 0 Å². The maximum atomic E-state index is 5.19. The molecule has 1 aliphatic rings. The molecule has 8 aromatic carbocycles. The van der Waals surface area contributed by atoms with Crippen molar-refractivity contribution in [2.45, 2.75) is 57.8 Å². The van der Waals surface area contributed by atoms with Crippen LogP contribution in [-0.2, 0) is 16.2 Å². The van der Waals surface area contributed by atoms with Crippen LogP contribution in [0.25, 0.3) is 76.3 Å². The van der Waals surface area contributed by atoms with Crippen LogP contribution >= 0.6 is 11.3 Å². The normalized spacial score (nSPS) is 13.3. The molecule has 0 saturated carbocycles. The van der Waals surface area contributed by atoms with Crippen molar-refractivity contribution in [3.8, 4) is 56.2 Å². The Labute approximate surface area is 381 Å². The molecule has 2 nitrogen and oxygen atoms in total. The molecule has 0 radical (unpaired) electrons. The van der Waals surface area contributed by atoms with E-state index in [0.717, 1.165) is 33.6 Å². The molecule has 0 unspecified atom stereocenters. The lowest BCUT2D eigenvalue weighted by atomic mass is 9.66. The molecule has 310 valence electrons. The molecular weight excluding hydrogens is 793 g/mol. The van der Waals surface area contributed by atoms with Gasteiger partial charge in [-0.2, -0.15) is 0 Å². The van der Waals surface area contributed by atoms with Crippen LogP contribution in [0.3, 0.4) is 0 Å². The second kappa shape index (κ2) is 15.1. The van der Waals surface area contributed by atoms with E-state index < -0.39 is 5.41 Å². The second-order valence-electron chi connectivity index (χ2n) is 19.4. The first-order valence-corrected chi connectivity index (χ1v) is 23.2. The highest BCUT2D eigenvalue weighted by molar-refractivity contribution is 7.25. The predicted octanol–water partition coefficient (Wildman–Crippen LogP) is 16.5. The van der Waals surface area contributed by atoms with Gasteiger partial charge in [-0.15, -0.1) is 11.3 Å². The quantitative estimate of drug-likeness (QED) is 0.167. The second-order valence-corrected chi connectivity index (χ2v) is 20.5. The van der Waals surface area contributed by atoms with Crippen LogP contribution in [0, 0.1) is 0 Å². The Hall–Kier alpha value is -6.94. The lowest BCUT2D eigenvalue weighted by Crippen LogP contribution is -2.29. The first kappa shape index (κ1) is 39.9. The van der Waals surface area contributed by atoms with Crippen LogP contribution in [0.15, 0.2) is 194 Å². The lowest BCUT2D eigenvalue weighted by Gasteiger charge is -2.35. The molecule has 2 heterocycles. The van der Waals surface area contributed by atoms with E-state index in [2.05, 4.69) is 230 Å². The van der Waals surface area contributed by atoms with Crippen LogP contribution < -0.4 is 0 Å². The van der Waals surface area contributed by atoms with Crippen molar-refractivity contribution in [1.82, 2.24) is 9.97 Å². The standard InChI is InChI=1S/C61H50N2S/c1-59(2,3)44-26-30-46(31-27-44)61(47-32-28-45(29-33-47)60(4,5)6)52-18-12-10-16-48(52)49-34-24-42(37-53(49)61)39-20-22-40(23-21-39)54-38-55(63-58(62-54)41-14-8-7-9-15-41)43-25-35-57-51(36-43)50-17-11-13-19-56(50)64-57/h7-38H,1-6H3. The molecule has 0 N–H and O–H groups in total. The van der Waals surface area contributed by atoms with Gasteiger partial charge in [-0.1, -0.05) is 205 Å². The average Bonchev–Trinajstić information content (AvgIpc) is 3.84. The molecule has 0 spiro atoms. The van der Waals surface area contributed by atoms with Gasteiger partial charge in [-0.05, 0) is 96.8 Å². The molecule has 0 amide bonds. The van der Waals surface area contributed by atoms with Crippen LogP contribution in [0.1, 0.15) is 74.9 Å². The summed E-state index contributed by atoms with van der Waals surface area (Å²) in [5.74, 6) is 0.716. The van der Waals surface area contributed by atoms with Gasteiger partial charge in [-0.3, -0.25) is 0 Å². The minimum atomic E-state index is -0.502. The largest absolute Gasteiger partial charge is 0.228 e. The van der Waals surface area contributed by atoms with E-state index in [1.807, 2.05) is 17.4 Å². The number of hydrogen-bond acceptors (Lipinski definition) is 3. The topological polar surface area (TPSA) is 25.8 Å². The van der Waals surface area contributed by atoms with Crippen molar-refractivity contribution in [1.29, 1.82) is 0 Å². The maximum Gasteiger partial charge on any atom is 0.160 e. The number of aromatic nitrogens is 2. The zero-order valence-corrected chi connectivity index (χ0v) is 38.1. The number of nitrogens with zero attached hydrogens (tertiary/aromatic N) is 2. The third-order valence-corrected chi connectivity index (χ3v) is 14.5. The van der Waals surface area contributed by atoms with Crippen molar-refractivity contribution >= 4 is 31.5 Å². The zero-order chi connectivity index (χ0) is 43.8. The van der Waals surface area contributed by atoms with Gasteiger partial charge >= 0.3 is 0 Å². The fraction of sp³-hybridized carbons (Fsp3) is 0.148. The highest BCUT2D eigenvalue weighted by atomic mass is 32.1. The van der Waals surface area contributed by atoms with Crippen molar-refractivity contribution in [2.75, 3.05) is 0 Å². The van der Waals surface area contributed by atoms with Crippen molar-refractivity contribution < 1.29 is 0 Å². The molecule has 0 saturated heterocycles. The van der Waals surface area contributed by atoms with Crippen molar-refractivity contribution in [3.05, 3.63) is 228 Å². The maximum absolute atomic E-state index is 5.19. The summed E-state index contributed by atoms with van der Waals surface area (Å²) in [5, 5.41) is 2.54. The highest BCUT2D eigenvalue weighted by Gasteiger charge is 2.46. The summed E-state index contributed by atoms with van der Waals surface area (Å²) in [4.78, 5) is 10.4. The Balaban J connectivity index is 1.03. The molecule has 0 fully saturated rings. The number of hydrogen-bond donors (Lipinski definition) is 0. The summed E-state index contributed by atoms with van der Waals surface area (Å²) in [6, 6.07) is 71.8. The smallest absolute Gasteiger partial charge is 0.160 e. The summed E-state index contributed by atoms with van der Waals surface area (Å²) in [5.41, 5.74) is 17.3. The van der Waals surface area contributed by atoms with E-state index in [4.69, 9.17) is 9.97 Å². The molecule has 11 rings (SSSR count). The molecule has 2 aromatic heterocycles. The van der Waals surface area contributed by atoms with Crippen LogP contribution in [0.4, 0.5) is 0 Å². The molecule has 3 heteroatoms. The number of benzene rings is 8. The van der Waals surface area contributed by atoms with Crippen LogP contribution in [0.5, 0.6) is 0 Å². The van der Waals surface area contributed by atoms with E-state index in [9.17, 15) is 0 Å². The van der Waals surface area contributed by atoms with Crippen LogP contribution in [0.2, 0.25) is 0 Å². The third-order valence-electron chi connectivity index (χ3n) is 13.4. The summed E-state index contributed by atoms with van der Waals surface area (Å²) in [6.45, 7) is 13.7. The Morgan fingerprint density at radius 2 is 0.906 bits per heavy atom. The monoisotopic (exact) mass is 842 g/mol. The zero-order valence-electron chi connectivity index (χ0n) is 37.3. The molecule has 0 atom stereocenters. The molecular formula is C61H50N2S. The first-order chi connectivity index (χ1) is 30.9. The molecule has 1 aliphatic carbocycles. The fourth-order valence-corrected chi connectivity index (χ4v) is 11.0. The Kier molecular flexibility index (Phi) is 9.41. The van der Waals surface area contributed by atoms with Gasteiger partial charge in [0.25, 0.3) is 0 Å². The van der Waals surface area contributed by atoms with Crippen molar-refractivity contribution in [2.24, 2.45) is 0 Å². The minimum absolute atomic E-state index is 0.0506. The van der Waals surface area contributed by atoms with Gasteiger partial charge < -0.3 is 0 Å². The number of rotatable bonds is 6. The number of fused-ring (bicyclic) bond motifs is 6. The van der Waals surface area contributed by atoms with Gasteiger partial charge in [0.05, 0.1) is 16.8 Å². The Morgan fingerprint density at radius 1 is 0.375 bits per heavy atom. The van der Waals surface area contributed by atoms with E-state index >= 15 is 0 Å². The van der Waals surface area contributed by atoms with Crippen LogP contribution in [-0.4, -0.2) is 9.97 Å². The average molecular weight is 843 g/mol. The molecule has 64 heavy (non-hydrogen) atoms. The summed E-state index contributed by atoms with van der Waals surface area (Å²) >= 11 is 1.84. The van der Waals surface area contributed by atoms with E-state index in [1.165, 1.54) is 70.2 Å². The van der Waals surface area contributed by atoms with Gasteiger partial charge in [0.15, 0.2) is 5.82 Å². The van der Waals surface area contributed by atoms with Gasteiger partial charge in [0.2, 0.25) is 0 Å². The fourth-order valence-electron chi connectivity index (χ4n) is 9.87. The lowest BCUT2D eigenvalue weighted by molar-refractivity contribution is 0.588. The van der Waals surface area contributed by atoms with E-state index in [0.29, 0.717) is 5.82 Å². The SMILES string of the molecule is CC(C)(C)c1ccc(C2(c3ccc(C(C)(C)C)cc3)c3ccccc3-c3ccc(-c4ccc(-c5cc(-c6ccc7sc8ccccc8c7c6)nc(-c6ccccc6)n5)cc4)cc32)cc1.